The Balaban J connectivity index is 2.15. The maximum absolute atomic E-state index is 12.6. The van der Waals surface area contributed by atoms with Gasteiger partial charge in [-0.1, -0.05) is 6.07 Å². The van der Waals surface area contributed by atoms with Crippen LogP contribution < -0.4 is 0 Å². The van der Waals surface area contributed by atoms with E-state index in [1.165, 1.54) is 36.4 Å². The maximum atomic E-state index is 12.6. The number of rotatable bonds is 6. The first-order chi connectivity index (χ1) is 14.6. The van der Waals surface area contributed by atoms with E-state index < -0.39 is 30.4 Å². The number of phenolic OH excluding ortho intramolecular Hbond substituents is 3. The third kappa shape index (κ3) is 4.50. The molecule has 31 heavy (non-hydrogen) atoms. The summed E-state index contributed by atoms with van der Waals surface area (Å²) in [5, 5.41) is 48.5. The van der Waals surface area contributed by atoms with Gasteiger partial charge in [-0.2, -0.15) is 0 Å². The van der Waals surface area contributed by atoms with E-state index in [-0.39, 0.29) is 22.8 Å². The molecule has 3 rings (SSSR count). The number of ether oxygens (including phenoxy) is 1. The monoisotopic (exact) mass is 426 g/mol. The Labute approximate surface area is 175 Å². The third-order valence-corrected chi connectivity index (χ3v) is 4.68. The molecule has 0 fully saturated rings. The van der Waals surface area contributed by atoms with Crippen LogP contribution in [0.2, 0.25) is 0 Å². The number of aromatic hydroxyl groups is 3. The van der Waals surface area contributed by atoms with Gasteiger partial charge in [0.15, 0.2) is 11.5 Å². The number of carboxylic acids is 2. The Hall–Kier alpha value is -4.27. The lowest BCUT2D eigenvalue weighted by Crippen LogP contribution is -2.29. The van der Waals surface area contributed by atoms with Gasteiger partial charge in [-0.25, -0.2) is 9.59 Å². The molecule has 3 aromatic rings. The zero-order chi connectivity index (χ0) is 22.9. The molecule has 9 heteroatoms. The van der Waals surface area contributed by atoms with Gasteiger partial charge in [0.05, 0.1) is 12.0 Å². The van der Waals surface area contributed by atoms with E-state index in [4.69, 9.17) is 14.9 Å². The van der Waals surface area contributed by atoms with Crippen LogP contribution in [0.1, 0.15) is 22.3 Å². The average Bonchev–Trinajstić information content (AvgIpc) is 2.69. The van der Waals surface area contributed by atoms with Crippen LogP contribution in [0.3, 0.4) is 0 Å². The molecule has 0 aliphatic heterocycles. The quantitative estimate of drug-likeness (QED) is 0.295. The lowest BCUT2D eigenvalue weighted by molar-refractivity contribution is -0.153. The molecule has 1 atom stereocenters. The number of aliphatic carboxylic acids is 2. The minimum Gasteiger partial charge on any atom is -0.508 e. The Morgan fingerprint density at radius 1 is 0.903 bits per heavy atom. The molecular formula is C22H18O9. The van der Waals surface area contributed by atoms with Gasteiger partial charge >= 0.3 is 17.9 Å². The van der Waals surface area contributed by atoms with Crippen molar-refractivity contribution < 1.29 is 44.7 Å². The fourth-order valence-electron chi connectivity index (χ4n) is 3.09. The van der Waals surface area contributed by atoms with E-state index in [0.717, 1.165) is 0 Å². The van der Waals surface area contributed by atoms with E-state index in [9.17, 15) is 29.7 Å². The van der Waals surface area contributed by atoms with Gasteiger partial charge in [0, 0.05) is 0 Å². The van der Waals surface area contributed by atoms with Crippen molar-refractivity contribution in [1.29, 1.82) is 0 Å². The Kier molecular flexibility index (Phi) is 5.69. The molecule has 5 N–H and O–H groups in total. The fourth-order valence-corrected chi connectivity index (χ4v) is 3.09. The molecule has 0 spiro atoms. The molecule has 9 nitrogen and oxygen atoms in total. The first-order valence-electron chi connectivity index (χ1n) is 9.02. The van der Waals surface area contributed by atoms with Gasteiger partial charge in [-0.3, -0.25) is 4.79 Å². The molecule has 0 radical (unpaired) electrons. The topological polar surface area (TPSA) is 162 Å². The molecule has 0 aliphatic carbocycles. The Morgan fingerprint density at radius 3 is 2.23 bits per heavy atom. The number of carbonyl (C=O) groups is 3. The van der Waals surface area contributed by atoms with Gasteiger partial charge in [0.2, 0.25) is 6.10 Å². The van der Waals surface area contributed by atoms with Crippen LogP contribution >= 0.6 is 0 Å². The summed E-state index contributed by atoms with van der Waals surface area (Å²) in [6, 6.07) is 9.91. The van der Waals surface area contributed by atoms with Crippen LogP contribution in [0.15, 0.2) is 42.5 Å². The normalized spacial score (nSPS) is 11.8. The van der Waals surface area contributed by atoms with Crippen LogP contribution in [0.25, 0.3) is 21.9 Å². The second-order valence-electron chi connectivity index (χ2n) is 6.92. The number of fused-ring (bicyclic) bond motifs is 1. The van der Waals surface area contributed by atoms with Crippen molar-refractivity contribution in [2.75, 3.05) is 0 Å². The maximum Gasteiger partial charge on any atom is 0.345 e. The van der Waals surface area contributed by atoms with E-state index in [1.54, 1.807) is 13.0 Å². The van der Waals surface area contributed by atoms with Gasteiger partial charge in [0.25, 0.3) is 0 Å². The standard InChI is InChI=1S/C22H18O9/c1-10-4-14-12(8-17(10)24)5-13(22(30)31-19(21(28)29)9-20(26)27)6-15(14)11-2-3-16(23)18(25)7-11/h2-8,19,23-25H,9H2,1H3,(H,26,27)(H,28,29)/t19-/m0/s1. The van der Waals surface area contributed by atoms with Crippen LogP contribution in [0.5, 0.6) is 17.2 Å². The highest BCUT2D eigenvalue weighted by Gasteiger charge is 2.26. The lowest BCUT2D eigenvalue weighted by atomic mass is 9.94. The SMILES string of the molecule is Cc1cc2c(-c3ccc(O)c(O)c3)cc(C(=O)O[C@@H](CC(=O)O)C(=O)O)cc2cc1O. The zero-order valence-electron chi connectivity index (χ0n) is 16.2. The van der Waals surface area contributed by atoms with Gasteiger partial charge < -0.3 is 30.3 Å². The highest BCUT2D eigenvalue weighted by Crippen LogP contribution is 2.37. The largest absolute Gasteiger partial charge is 0.508 e. The van der Waals surface area contributed by atoms with Gasteiger partial charge in [-0.05, 0) is 70.8 Å². The van der Waals surface area contributed by atoms with Crippen LogP contribution in [0, 0.1) is 6.92 Å². The summed E-state index contributed by atoms with van der Waals surface area (Å²) < 4.78 is 4.87. The molecule has 0 aromatic heterocycles. The summed E-state index contributed by atoms with van der Waals surface area (Å²) in [6.07, 6.45) is -2.79. The number of benzene rings is 3. The summed E-state index contributed by atoms with van der Waals surface area (Å²) in [7, 11) is 0. The summed E-state index contributed by atoms with van der Waals surface area (Å²) >= 11 is 0. The minimum atomic E-state index is -1.88. The van der Waals surface area contributed by atoms with Crippen molar-refractivity contribution in [3.63, 3.8) is 0 Å². The van der Waals surface area contributed by atoms with Crippen molar-refractivity contribution in [1.82, 2.24) is 0 Å². The molecule has 3 aromatic carbocycles. The van der Waals surface area contributed by atoms with Crippen molar-refractivity contribution in [2.24, 2.45) is 0 Å². The first kappa shape index (κ1) is 21.4. The number of esters is 1. The number of carbonyl (C=O) groups excluding carboxylic acids is 1. The van der Waals surface area contributed by atoms with Crippen molar-refractivity contribution in [3.05, 3.63) is 53.6 Å². The Morgan fingerprint density at radius 2 is 1.61 bits per heavy atom. The second kappa shape index (κ2) is 8.23. The van der Waals surface area contributed by atoms with Crippen molar-refractivity contribution in [3.8, 4) is 28.4 Å². The molecule has 0 aliphatic rings. The Bertz CT molecular complexity index is 1210. The third-order valence-electron chi connectivity index (χ3n) is 4.68. The molecule has 0 saturated carbocycles. The second-order valence-corrected chi connectivity index (χ2v) is 6.92. The molecule has 0 amide bonds. The lowest BCUT2D eigenvalue weighted by Gasteiger charge is -2.15. The smallest absolute Gasteiger partial charge is 0.345 e. The van der Waals surface area contributed by atoms with Crippen LogP contribution in [-0.2, 0) is 14.3 Å². The van der Waals surface area contributed by atoms with Crippen molar-refractivity contribution >= 4 is 28.7 Å². The first-order valence-corrected chi connectivity index (χ1v) is 9.02. The number of phenols is 3. The minimum absolute atomic E-state index is 0.0354. The predicted molar refractivity (Wildman–Crippen MR) is 108 cm³/mol. The molecular weight excluding hydrogens is 408 g/mol. The van der Waals surface area contributed by atoms with E-state index in [2.05, 4.69) is 0 Å². The molecule has 160 valence electrons. The fraction of sp³-hybridized carbons (Fsp3) is 0.136. The molecule has 0 unspecified atom stereocenters. The van der Waals surface area contributed by atoms with E-state index in [1.807, 2.05) is 0 Å². The zero-order valence-corrected chi connectivity index (χ0v) is 16.2. The van der Waals surface area contributed by atoms with Crippen molar-refractivity contribution in [2.45, 2.75) is 19.4 Å². The van der Waals surface area contributed by atoms with Crippen LogP contribution in [-0.4, -0.2) is 49.5 Å². The summed E-state index contributed by atoms with van der Waals surface area (Å²) in [4.78, 5) is 34.7. The van der Waals surface area contributed by atoms with E-state index in [0.29, 0.717) is 27.5 Å². The number of hydrogen-bond donors (Lipinski definition) is 5. The van der Waals surface area contributed by atoms with Crippen LogP contribution in [0.4, 0.5) is 0 Å². The van der Waals surface area contributed by atoms with Gasteiger partial charge in [0.1, 0.15) is 5.75 Å². The number of carboxylic acid groups (broad SMARTS) is 2. The average molecular weight is 426 g/mol. The molecule has 0 heterocycles. The summed E-state index contributed by atoms with van der Waals surface area (Å²) in [5.41, 5.74) is 1.34. The van der Waals surface area contributed by atoms with Gasteiger partial charge in [-0.15, -0.1) is 0 Å². The predicted octanol–water partition coefficient (Wildman–Crippen LogP) is 3.02. The molecule has 0 bridgehead atoms. The summed E-state index contributed by atoms with van der Waals surface area (Å²) in [5.74, 6) is -4.88. The number of aryl methyl sites for hydroxylation is 1. The van der Waals surface area contributed by atoms with E-state index >= 15 is 0 Å². The number of hydrogen-bond acceptors (Lipinski definition) is 7. The highest BCUT2D eigenvalue weighted by molar-refractivity contribution is 6.04. The molecule has 0 saturated heterocycles. The summed E-state index contributed by atoms with van der Waals surface area (Å²) in [6.45, 7) is 1.68. The highest BCUT2D eigenvalue weighted by atomic mass is 16.6.